The van der Waals surface area contributed by atoms with Crippen molar-refractivity contribution in [2.75, 3.05) is 6.16 Å². The lowest BCUT2D eigenvalue weighted by Gasteiger charge is -1.83. The van der Waals surface area contributed by atoms with E-state index in [9.17, 15) is 0 Å². The van der Waals surface area contributed by atoms with Gasteiger partial charge in [0.1, 0.15) is 0 Å². The standard InChI is InChI=1S/C3H9P3/c1-2-3-5-6-4/h2,5-6H,1,3-4H2. The van der Waals surface area contributed by atoms with Crippen molar-refractivity contribution in [1.82, 2.24) is 0 Å². The zero-order valence-corrected chi connectivity index (χ0v) is 6.72. The maximum atomic E-state index is 3.60. The highest BCUT2D eigenvalue weighted by molar-refractivity contribution is 8.39. The second-order valence-electron chi connectivity index (χ2n) is 0.814. The Balaban J connectivity index is 2.49. The van der Waals surface area contributed by atoms with Crippen LogP contribution in [-0.4, -0.2) is 6.16 Å². The van der Waals surface area contributed by atoms with Gasteiger partial charge in [-0.1, -0.05) is 22.3 Å². The summed E-state index contributed by atoms with van der Waals surface area (Å²) in [6.07, 6.45) is 3.16. The van der Waals surface area contributed by atoms with Gasteiger partial charge in [-0.05, 0) is 6.16 Å². The van der Waals surface area contributed by atoms with Gasteiger partial charge in [0.15, 0.2) is 0 Å². The van der Waals surface area contributed by atoms with Crippen LogP contribution in [0.25, 0.3) is 0 Å². The average molecular weight is 138 g/mol. The highest BCUT2D eigenvalue weighted by Gasteiger charge is 1.69. The largest absolute Gasteiger partial charge is 0.110 e. The molecule has 0 heterocycles. The normalized spacial score (nSPS) is 12.2. The van der Waals surface area contributed by atoms with Gasteiger partial charge in [-0.15, -0.1) is 15.5 Å². The number of hydrogen-bond acceptors (Lipinski definition) is 0. The SMILES string of the molecule is C=CCPPP. The number of allylic oxidation sites excluding steroid dienone is 1. The van der Waals surface area contributed by atoms with Crippen LogP contribution < -0.4 is 0 Å². The minimum Gasteiger partial charge on any atom is -0.110 e. The first-order valence-corrected chi connectivity index (χ1v) is 6.73. The monoisotopic (exact) mass is 138 g/mol. The van der Waals surface area contributed by atoms with Crippen molar-refractivity contribution >= 4 is 25.2 Å². The van der Waals surface area contributed by atoms with Crippen molar-refractivity contribution in [3.63, 3.8) is 0 Å². The Morgan fingerprint density at radius 1 is 1.83 bits per heavy atom. The topological polar surface area (TPSA) is 0 Å². The van der Waals surface area contributed by atoms with E-state index in [-0.39, 0.29) is 0 Å². The Morgan fingerprint density at radius 3 is 2.67 bits per heavy atom. The van der Waals surface area contributed by atoms with E-state index in [0.29, 0.717) is 0 Å². The van der Waals surface area contributed by atoms with Gasteiger partial charge in [-0.3, -0.25) is 0 Å². The summed E-state index contributed by atoms with van der Waals surface area (Å²) in [5.74, 6) is 0. The molecule has 0 aromatic carbocycles. The molecular weight excluding hydrogens is 129 g/mol. The maximum Gasteiger partial charge on any atom is -0.0135 e. The minimum absolute atomic E-state index is 1.04. The van der Waals surface area contributed by atoms with Crippen LogP contribution >= 0.6 is 25.2 Å². The van der Waals surface area contributed by atoms with Crippen LogP contribution in [0.1, 0.15) is 0 Å². The zero-order chi connectivity index (χ0) is 4.83. The Kier molecular flexibility index (Phi) is 7.07. The third-order valence-electron chi connectivity index (χ3n) is 0.348. The van der Waals surface area contributed by atoms with Gasteiger partial charge < -0.3 is 0 Å². The molecule has 0 rings (SSSR count). The molecule has 0 aliphatic rings. The molecule has 6 heavy (non-hydrogen) atoms. The molecule has 3 heteroatoms. The molecule has 0 amide bonds. The third-order valence-corrected chi connectivity index (χ3v) is 4.11. The third kappa shape index (κ3) is 5.03. The van der Waals surface area contributed by atoms with Crippen molar-refractivity contribution in [3.05, 3.63) is 12.7 Å². The second kappa shape index (κ2) is 6.03. The van der Waals surface area contributed by atoms with Gasteiger partial charge in [-0.2, -0.15) is 0 Å². The lowest BCUT2D eigenvalue weighted by molar-refractivity contribution is 1.83. The predicted molar refractivity (Wildman–Crippen MR) is 41.4 cm³/mol. The highest BCUT2D eigenvalue weighted by Crippen LogP contribution is 2.42. The molecule has 0 N–H and O–H groups in total. The first kappa shape index (κ1) is 7.03. The molecule has 0 spiro atoms. The van der Waals surface area contributed by atoms with Crippen LogP contribution in [-0.2, 0) is 0 Å². The molecule has 0 aromatic rings. The smallest absolute Gasteiger partial charge is 0.0135 e. The molecule has 0 fully saturated rings. The molecule has 0 nitrogen and oxygen atoms in total. The van der Waals surface area contributed by atoms with E-state index in [2.05, 4.69) is 15.5 Å². The molecule has 0 aliphatic heterocycles. The van der Waals surface area contributed by atoms with Crippen LogP contribution in [0.3, 0.4) is 0 Å². The average Bonchev–Trinajstić information content (AvgIpc) is 1.61. The minimum atomic E-state index is 1.04. The molecular formula is C3H9P3. The number of hydrogen-bond donors (Lipinski definition) is 0. The van der Waals surface area contributed by atoms with Crippen molar-refractivity contribution in [2.45, 2.75) is 0 Å². The van der Waals surface area contributed by atoms with E-state index >= 15 is 0 Å². The van der Waals surface area contributed by atoms with E-state index in [1.165, 1.54) is 6.16 Å². The molecule has 0 aliphatic carbocycles. The van der Waals surface area contributed by atoms with Gasteiger partial charge in [0.2, 0.25) is 0 Å². The molecule has 0 bridgehead atoms. The molecule has 3 atom stereocenters. The van der Waals surface area contributed by atoms with E-state index in [1.807, 2.05) is 6.08 Å². The summed E-state index contributed by atoms with van der Waals surface area (Å²) < 4.78 is 0. The lowest BCUT2D eigenvalue weighted by atomic mass is 10.8. The predicted octanol–water partition coefficient (Wildman–Crippen LogP) is 2.23. The Hall–Kier alpha value is 1.03. The Morgan fingerprint density at radius 2 is 2.50 bits per heavy atom. The van der Waals surface area contributed by atoms with E-state index < -0.39 is 0 Å². The summed E-state index contributed by atoms with van der Waals surface area (Å²) in [6.45, 7) is 3.60. The van der Waals surface area contributed by atoms with Crippen molar-refractivity contribution in [3.8, 4) is 0 Å². The molecule has 3 unspecified atom stereocenters. The van der Waals surface area contributed by atoms with E-state index in [1.54, 1.807) is 0 Å². The Labute approximate surface area is 44.7 Å². The van der Waals surface area contributed by atoms with Crippen LogP contribution in [0.2, 0.25) is 0 Å². The molecule has 0 radical (unpaired) electrons. The molecule has 0 saturated heterocycles. The van der Waals surface area contributed by atoms with Gasteiger partial charge in [0.25, 0.3) is 0 Å². The van der Waals surface area contributed by atoms with E-state index in [0.717, 1.165) is 16.2 Å². The van der Waals surface area contributed by atoms with Gasteiger partial charge in [-0.25, -0.2) is 0 Å². The van der Waals surface area contributed by atoms with Gasteiger partial charge >= 0.3 is 0 Å². The van der Waals surface area contributed by atoms with Gasteiger partial charge in [0.05, 0.1) is 0 Å². The Bertz CT molecular complexity index is 35.0. The summed E-state index contributed by atoms with van der Waals surface area (Å²) in [4.78, 5) is 0. The fourth-order valence-corrected chi connectivity index (χ4v) is 2.24. The first-order valence-electron chi connectivity index (χ1n) is 1.71. The fraction of sp³-hybridized carbons (Fsp3) is 0.333. The van der Waals surface area contributed by atoms with Crippen LogP contribution in [0.5, 0.6) is 0 Å². The first-order chi connectivity index (χ1) is 2.91. The van der Waals surface area contributed by atoms with Crippen LogP contribution in [0.4, 0.5) is 0 Å². The number of rotatable bonds is 3. The lowest BCUT2D eigenvalue weighted by Crippen LogP contribution is -1.49. The summed E-state index contributed by atoms with van der Waals surface area (Å²) >= 11 is 0. The van der Waals surface area contributed by atoms with Crippen molar-refractivity contribution < 1.29 is 0 Å². The van der Waals surface area contributed by atoms with Crippen molar-refractivity contribution in [1.29, 1.82) is 0 Å². The van der Waals surface area contributed by atoms with Crippen LogP contribution in [0, 0.1) is 0 Å². The molecule has 0 aromatic heterocycles. The second-order valence-corrected chi connectivity index (χ2v) is 6.39. The van der Waals surface area contributed by atoms with Gasteiger partial charge in [0, 0.05) is 0 Å². The van der Waals surface area contributed by atoms with E-state index in [4.69, 9.17) is 0 Å². The van der Waals surface area contributed by atoms with Crippen molar-refractivity contribution in [2.24, 2.45) is 0 Å². The quantitative estimate of drug-likeness (QED) is 0.318. The molecule has 0 saturated carbocycles. The van der Waals surface area contributed by atoms with Crippen LogP contribution in [0.15, 0.2) is 12.7 Å². The summed E-state index contributed by atoms with van der Waals surface area (Å²) in [5, 5.41) is 0. The summed E-state index contributed by atoms with van der Waals surface area (Å²) in [7, 11) is 4.85. The fourth-order valence-electron chi connectivity index (χ4n) is 0.131. The summed E-state index contributed by atoms with van der Waals surface area (Å²) in [6, 6.07) is 0. The summed E-state index contributed by atoms with van der Waals surface area (Å²) in [5.41, 5.74) is 0. The maximum absolute atomic E-state index is 3.60. The zero-order valence-electron chi connectivity index (χ0n) is 3.57. The highest BCUT2D eigenvalue weighted by atomic mass is 32.4. The molecule has 36 valence electrons.